The number of nitrogens with one attached hydrogen (secondary N) is 3. The summed E-state index contributed by atoms with van der Waals surface area (Å²) < 4.78 is 1.86. The van der Waals surface area contributed by atoms with Gasteiger partial charge >= 0.3 is 0 Å². The second kappa shape index (κ2) is 12.9. The van der Waals surface area contributed by atoms with Crippen LogP contribution < -0.4 is 16.0 Å². The van der Waals surface area contributed by atoms with E-state index in [1.807, 2.05) is 48.1 Å². The number of aromatic hydroxyl groups is 1. The predicted molar refractivity (Wildman–Crippen MR) is 138 cm³/mol. The fraction of sp³-hybridized carbons (Fsp3) is 0.227. The number of anilines is 1. The number of hydrogen-bond acceptors (Lipinski definition) is 4. The van der Waals surface area contributed by atoms with Crippen molar-refractivity contribution < 1.29 is 9.90 Å². The molecule has 0 aliphatic carbocycles. The smallest absolute Gasteiger partial charge is 0.246 e. The van der Waals surface area contributed by atoms with E-state index in [1.165, 1.54) is 12.1 Å². The molecule has 3 aromatic rings. The normalized spacial score (nSPS) is 11.9. The molecule has 0 fully saturated rings. The highest BCUT2D eigenvalue weighted by Gasteiger charge is 2.15. The van der Waals surface area contributed by atoms with Crippen LogP contribution in [-0.2, 0) is 4.79 Å². The summed E-state index contributed by atoms with van der Waals surface area (Å²) in [4.78, 5) is 16.6. The monoisotopic (exact) mass is 568 g/mol. The van der Waals surface area contributed by atoms with Crippen LogP contribution in [0.25, 0.3) is 0 Å². The molecule has 170 valence electrons. The maximum atomic E-state index is 12.2. The van der Waals surface area contributed by atoms with Crippen LogP contribution in [0.15, 0.2) is 72.0 Å². The van der Waals surface area contributed by atoms with Crippen molar-refractivity contribution >= 4 is 53.1 Å². The van der Waals surface area contributed by atoms with Crippen molar-refractivity contribution in [1.29, 1.82) is 0 Å². The zero-order valence-electron chi connectivity index (χ0n) is 17.5. The number of phenols is 1. The largest absolute Gasteiger partial charge is 0.508 e. The fourth-order valence-electron chi connectivity index (χ4n) is 2.95. The number of halogens is 2. The number of rotatable bonds is 8. The average molecular weight is 569 g/mol. The fourth-order valence-corrected chi connectivity index (χ4v) is 3.07. The summed E-state index contributed by atoms with van der Waals surface area (Å²) in [7, 11) is 0. The Labute approximate surface area is 209 Å². The molecular weight excluding hydrogens is 543 g/mol. The highest BCUT2D eigenvalue weighted by atomic mass is 127. The van der Waals surface area contributed by atoms with Crippen molar-refractivity contribution in [3.63, 3.8) is 0 Å². The van der Waals surface area contributed by atoms with Crippen molar-refractivity contribution in [3.8, 4) is 5.75 Å². The van der Waals surface area contributed by atoms with E-state index in [4.69, 9.17) is 11.6 Å². The minimum atomic E-state index is -0.260. The van der Waals surface area contributed by atoms with Gasteiger partial charge in [0.15, 0.2) is 5.96 Å². The Morgan fingerprint density at radius 2 is 1.88 bits per heavy atom. The van der Waals surface area contributed by atoms with Crippen LogP contribution in [0.4, 0.5) is 5.69 Å². The van der Waals surface area contributed by atoms with E-state index in [0.29, 0.717) is 29.8 Å². The zero-order chi connectivity index (χ0) is 22.1. The van der Waals surface area contributed by atoms with Gasteiger partial charge in [-0.25, -0.2) is 4.99 Å². The van der Waals surface area contributed by atoms with Crippen LogP contribution >= 0.6 is 35.6 Å². The quantitative estimate of drug-likeness (QED) is 0.144. The van der Waals surface area contributed by atoms with Gasteiger partial charge < -0.3 is 21.1 Å². The number of carbonyl (C=O) groups excluding carboxylic acids is 1. The molecule has 0 aliphatic heterocycles. The summed E-state index contributed by atoms with van der Waals surface area (Å²) in [5, 5.41) is 23.5. The van der Waals surface area contributed by atoms with E-state index in [1.54, 1.807) is 18.3 Å². The number of nitrogens with zero attached hydrogens (tertiary/aromatic N) is 3. The molecule has 1 unspecified atom stereocenters. The predicted octanol–water partition coefficient (Wildman–Crippen LogP) is 3.64. The van der Waals surface area contributed by atoms with Gasteiger partial charge in [0.1, 0.15) is 12.3 Å². The number of amides is 1. The summed E-state index contributed by atoms with van der Waals surface area (Å²) in [6.45, 7) is 3.06. The van der Waals surface area contributed by atoms with Crippen LogP contribution in [0.2, 0.25) is 5.02 Å². The minimum absolute atomic E-state index is 0. The average Bonchev–Trinajstić information content (AvgIpc) is 3.29. The highest BCUT2D eigenvalue weighted by molar-refractivity contribution is 14.0. The molecule has 8 nitrogen and oxygen atoms in total. The molecule has 0 bridgehead atoms. The molecular formula is C22H26ClIN6O2. The molecule has 1 heterocycles. The van der Waals surface area contributed by atoms with E-state index < -0.39 is 0 Å². The van der Waals surface area contributed by atoms with Crippen molar-refractivity contribution in [2.75, 3.05) is 25.0 Å². The van der Waals surface area contributed by atoms with Crippen molar-refractivity contribution in [1.82, 2.24) is 20.4 Å². The van der Waals surface area contributed by atoms with Crippen molar-refractivity contribution in [2.45, 2.75) is 13.0 Å². The number of aliphatic imine (C=N–C) groups is 1. The Morgan fingerprint density at radius 1 is 1.16 bits per heavy atom. The van der Waals surface area contributed by atoms with Crippen LogP contribution in [0, 0.1) is 0 Å². The lowest BCUT2D eigenvalue weighted by atomic mass is 10.1. The van der Waals surface area contributed by atoms with Gasteiger partial charge in [0.05, 0.1) is 6.04 Å². The molecule has 2 aromatic carbocycles. The van der Waals surface area contributed by atoms with Gasteiger partial charge in [-0.2, -0.15) is 5.10 Å². The number of benzene rings is 2. The lowest BCUT2D eigenvalue weighted by Crippen LogP contribution is -2.41. The van der Waals surface area contributed by atoms with Gasteiger partial charge in [0, 0.05) is 36.2 Å². The Kier molecular flexibility index (Phi) is 10.3. The molecule has 32 heavy (non-hydrogen) atoms. The zero-order valence-corrected chi connectivity index (χ0v) is 20.6. The second-order valence-electron chi connectivity index (χ2n) is 6.72. The Morgan fingerprint density at radius 3 is 2.50 bits per heavy atom. The van der Waals surface area contributed by atoms with Crippen LogP contribution in [-0.4, -0.2) is 46.4 Å². The summed E-state index contributed by atoms with van der Waals surface area (Å²) in [6, 6.07) is 15.7. The minimum Gasteiger partial charge on any atom is -0.508 e. The first kappa shape index (κ1) is 25.5. The van der Waals surface area contributed by atoms with Gasteiger partial charge in [-0.1, -0.05) is 23.7 Å². The summed E-state index contributed by atoms with van der Waals surface area (Å²) in [6.07, 6.45) is 3.63. The third-order valence-electron chi connectivity index (χ3n) is 4.44. The molecule has 1 atom stereocenters. The Hall–Kier alpha value is -2.79. The Bertz CT molecular complexity index is 994. The Balaban J connectivity index is 0.00000363. The molecule has 1 aromatic heterocycles. The van der Waals surface area contributed by atoms with E-state index in [0.717, 1.165) is 5.56 Å². The molecule has 0 radical (unpaired) electrons. The third kappa shape index (κ3) is 7.72. The lowest BCUT2D eigenvalue weighted by Gasteiger charge is -2.20. The van der Waals surface area contributed by atoms with Gasteiger partial charge in [-0.05, 0) is 55.0 Å². The SMILES string of the molecule is CCNC(=NCC(=O)Nc1ccc(O)cc1)NCC(c1ccc(Cl)cc1)n1cccn1.I. The van der Waals surface area contributed by atoms with E-state index in [-0.39, 0.29) is 48.2 Å². The van der Waals surface area contributed by atoms with Gasteiger partial charge in [0.2, 0.25) is 5.91 Å². The summed E-state index contributed by atoms with van der Waals surface area (Å²) in [5.74, 6) is 0.403. The first-order valence-corrected chi connectivity index (χ1v) is 10.3. The van der Waals surface area contributed by atoms with Gasteiger partial charge in [-0.3, -0.25) is 9.48 Å². The molecule has 1 amide bonds. The molecule has 0 saturated carbocycles. The number of guanidine groups is 1. The first-order valence-electron chi connectivity index (χ1n) is 9.91. The molecule has 0 saturated heterocycles. The molecule has 4 N–H and O–H groups in total. The second-order valence-corrected chi connectivity index (χ2v) is 7.16. The summed E-state index contributed by atoms with van der Waals surface area (Å²) >= 11 is 6.03. The lowest BCUT2D eigenvalue weighted by molar-refractivity contribution is -0.114. The third-order valence-corrected chi connectivity index (χ3v) is 4.69. The molecule has 3 rings (SSSR count). The van der Waals surface area contributed by atoms with Crippen molar-refractivity contribution in [2.24, 2.45) is 4.99 Å². The number of phenolic OH excluding ortho intramolecular Hbond substituents is 1. The highest BCUT2D eigenvalue weighted by Crippen LogP contribution is 2.19. The van der Waals surface area contributed by atoms with E-state index in [9.17, 15) is 9.90 Å². The van der Waals surface area contributed by atoms with Crippen LogP contribution in [0.3, 0.4) is 0 Å². The number of aromatic nitrogens is 2. The summed E-state index contributed by atoms with van der Waals surface area (Å²) in [5.41, 5.74) is 1.64. The van der Waals surface area contributed by atoms with Gasteiger partial charge in [0.25, 0.3) is 0 Å². The topological polar surface area (TPSA) is 104 Å². The van der Waals surface area contributed by atoms with Crippen LogP contribution in [0.1, 0.15) is 18.5 Å². The molecule has 0 aliphatic rings. The molecule has 10 heteroatoms. The van der Waals surface area contributed by atoms with E-state index >= 15 is 0 Å². The first-order chi connectivity index (χ1) is 15.0. The maximum absolute atomic E-state index is 12.2. The van der Waals surface area contributed by atoms with Gasteiger partial charge in [-0.15, -0.1) is 24.0 Å². The van der Waals surface area contributed by atoms with Crippen molar-refractivity contribution in [3.05, 3.63) is 77.6 Å². The number of hydrogen-bond donors (Lipinski definition) is 4. The number of carbonyl (C=O) groups is 1. The van der Waals surface area contributed by atoms with E-state index in [2.05, 4.69) is 26.0 Å². The maximum Gasteiger partial charge on any atom is 0.246 e. The van der Waals surface area contributed by atoms with Crippen LogP contribution in [0.5, 0.6) is 5.75 Å². The standard InChI is InChI=1S/C22H25ClN6O2.HI/c1-2-24-22(26-15-21(31)28-18-8-10-19(30)11-9-18)25-14-20(29-13-3-12-27-29)16-4-6-17(23)7-5-16;/h3-13,20,30H,2,14-15H2,1H3,(H,28,31)(H2,24,25,26);1H. The molecule has 0 spiro atoms.